The van der Waals surface area contributed by atoms with Crippen molar-refractivity contribution in [3.63, 3.8) is 0 Å². The topological polar surface area (TPSA) is 72.8 Å². The maximum atomic E-state index is 5.12. The van der Waals surface area contributed by atoms with Crippen LogP contribution >= 0.6 is 34.6 Å². The predicted molar refractivity (Wildman–Crippen MR) is 85.0 cm³/mol. The van der Waals surface area contributed by atoms with Crippen LogP contribution in [0.25, 0.3) is 0 Å². The molecule has 9 heteroatoms. The fourth-order valence-electron chi connectivity index (χ4n) is 1.49. The highest BCUT2D eigenvalue weighted by Gasteiger charge is 2.09. The molecule has 0 atom stereocenters. The van der Waals surface area contributed by atoms with Crippen molar-refractivity contribution in [1.29, 1.82) is 0 Å². The van der Waals surface area contributed by atoms with Crippen molar-refractivity contribution in [3.8, 4) is 5.75 Å². The molecular formula is C12H11N5OS3. The molecule has 21 heavy (non-hydrogen) atoms. The van der Waals surface area contributed by atoms with Gasteiger partial charge in [-0.05, 0) is 54.5 Å². The summed E-state index contributed by atoms with van der Waals surface area (Å²) in [6.45, 7) is 1.87. The number of aryl methyl sites for hydroxylation is 1. The van der Waals surface area contributed by atoms with Crippen molar-refractivity contribution in [3.05, 3.63) is 30.1 Å². The molecular weight excluding hydrogens is 326 g/mol. The summed E-state index contributed by atoms with van der Waals surface area (Å²) in [5.74, 6) is 1.60. The third-order valence-corrected chi connectivity index (χ3v) is 5.16. The van der Waals surface area contributed by atoms with Crippen molar-refractivity contribution >= 4 is 45.5 Å². The predicted octanol–water partition coefficient (Wildman–Crippen LogP) is 3.60. The second-order valence-corrected chi connectivity index (χ2v) is 7.16. The van der Waals surface area contributed by atoms with Crippen LogP contribution in [0.4, 0.5) is 10.8 Å². The van der Waals surface area contributed by atoms with Gasteiger partial charge >= 0.3 is 0 Å². The minimum absolute atomic E-state index is 0.740. The average molecular weight is 337 g/mol. The van der Waals surface area contributed by atoms with Crippen molar-refractivity contribution in [1.82, 2.24) is 19.6 Å². The summed E-state index contributed by atoms with van der Waals surface area (Å²) >= 11 is 4.32. The SMILES string of the molecule is COc1ccc(Nc2nnc(Sc3nc(C)ns3)s2)cc1. The number of hydrogen-bond donors (Lipinski definition) is 1. The van der Waals surface area contributed by atoms with Crippen LogP contribution in [0.1, 0.15) is 5.82 Å². The van der Waals surface area contributed by atoms with Gasteiger partial charge in [-0.15, -0.1) is 10.2 Å². The maximum absolute atomic E-state index is 5.12. The first-order chi connectivity index (χ1) is 10.2. The summed E-state index contributed by atoms with van der Waals surface area (Å²) < 4.78 is 11.0. The Bertz CT molecular complexity index is 725. The average Bonchev–Trinajstić information content (AvgIpc) is 3.09. The Labute approximate surface area is 133 Å². The lowest BCUT2D eigenvalue weighted by atomic mass is 10.3. The molecule has 1 N–H and O–H groups in total. The Kier molecular flexibility index (Phi) is 4.32. The maximum Gasteiger partial charge on any atom is 0.210 e. The normalized spacial score (nSPS) is 10.6. The molecule has 0 unspecified atom stereocenters. The fourth-order valence-corrected chi connectivity index (χ4v) is 4.12. The van der Waals surface area contributed by atoms with Crippen LogP contribution in [0.2, 0.25) is 0 Å². The van der Waals surface area contributed by atoms with Gasteiger partial charge in [0.25, 0.3) is 0 Å². The summed E-state index contributed by atoms with van der Waals surface area (Å²) in [5.41, 5.74) is 0.940. The molecule has 2 heterocycles. The zero-order valence-electron chi connectivity index (χ0n) is 11.2. The quantitative estimate of drug-likeness (QED) is 0.762. The van der Waals surface area contributed by atoms with Gasteiger partial charge in [0, 0.05) is 5.69 Å². The standard InChI is InChI=1S/C12H11N5OS3/c1-7-13-11(21-17-7)20-12-16-15-10(19-12)14-8-3-5-9(18-2)6-4-8/h3-6H,1-2H3,(H,14,15). The largest absolute Gasteiger partial charge is 0.497 e. The lowest BCUT2D eigenvalue weighted by molar-refractivity contribution is 0.415. The third kappa shape index (κ3) is 3.69. The van der Waals surface area contributed by atoms with Crippen LogP contribution in [0.3, 0.4) is 0 Å². The number of nitrogens with zero attached hydrogens (tertiary/aromatic N) is 4. The lowest BCUT2D eigenvalue weighted by Gasteiger charge is -2.03. The zero-order valence-corrected chi connectivity index (χ0v) is 13.7. The smallest absolute Gasteiger partial charge is 0.210 e. The number of anilines is 2. The van der Waals surface area contributed by atoms with Crippen LogP contribution in [-0.2, 0) is 0 Å². The summed E-state index contributed by atoms with van der Waals surface area (Å²) in [6.07, 6.45) is 0. The lowest BCUT2D eigenvalue weighted by Crippen LogP contribution is -1.89. The number of nitrogens with one attached hydrogen (secondary N) is 1. The Morgan fingerprint density at radius 1 is 1.14 bits per heavy atom. The molecule has 1 aromatic carbocycles. The van der Waals surface area contributed by atoms with Crippen LogP contribution in [0, 0.1) is 6.92 Å². The molecule has 6 nitrogen and oxygen atoms in total. The molecule has 0 aliphatic carbocycles. The second kappa shape index (κ2) is 6.37. The van der Waals surface area contributed by atoms with E-state index in [4.69, 9.17) is 4.74 Å². The Morgan fingerprint density at radius 2 is 1.95 bits per heavy atom. The van der Waals surface area contributed by atoms with Gasteiger partial charge in [0.05, 0.1) is 7.11 Å². The Hall–Kier alpha value is -1.71. The highest BCUT2D eigenvalue weighted by Crippen LogP contribution is 2.33. The number of ether oxygens (including phenoxy) is 1. The molecule has 3 aromatic rings. The van der Waals surface area contributed by atoms with E-state index in [1.165, 1.54) is 34.6 Å². The number of rotatable bonds is 5. The second-order valence-electron chi connectivity index (χ2n) is 3.94. The van der Waals surface area contributed by atoms with Crippen LogP contribution in [-0.4, -0.2) is 26.7 Å². The molecule has 0 aliphatic heterocycles. The number of benzene rings is 1. The first-order valence-electron chi connectivity index (χ1n) is 5.95. The molecule has 0 aliphatic rings. The molecule has 0 saturated carbocycles. The summed E-state index contributed by atoms with van der Waals surface area (Å²) in [6, 6.07) is 7.65. The molecule has 0 bridgehead atoms. The fraction of sp³-hybridized carbons (Fsp3) is 0.167. The first-order valence-corrected chi connectivity index (χ1v) is 8.36. The minimum atomic E-state index is 0.740. The van der Waals surface area contributed by atoms with Crippen molar-refractivity contribution in [2.75, 3.05) is 12.4 Å². The molecule has 0 fully saturated rings. The van der Waals surface area contributed by atoms with Gasteiger partial charge in [-0.1, -0.05) is 11.3 Å². The van der Waals surface area contributed by atoms with Gasteiger partial charge in [0.1, 0.15) is 11.6 Å². The van der Waals surface area contributed by atoms with Crippen molar-refractivity contribution in [2.24, 2.45) is 0 Å². The number of aromatic nitrogens is 4. The first kappa shape index (κ1) is 14.2. The van der Waals surface area contributed by atoms with E-state index in [0.29, 0.717) is 0 Å². The molecule has 3 rings (SSSR count). The van der Waals surface area contributed by atoms with Crippen molar-refractivity contribution < 1.29 is 4.74 Å². The number of hydrogen-bond acceptors (Lipinski definition) is 9. The van der Waals surface area contributed by atoms with Gasteiger partial charge < -0.3 is 10.1 Å². The molecule has 108 valence electrons. The molecule has 0 radical (unpaired) electrons. The van der Waals surface area contributed by atoms with Crippen LogP contribution < -0.4 is 10.1 Å². The Balaban J connectivity index is 1.66. The molecule has 0 spiro atoms. The molecule has 2 aromatic heterocycles. The minimum Gasteiger partial charge on any atom is -0.497 e. The van der Waals surface area contributed by atoms with E-state index < -0.39 is 0 Å². The van der Waals surface area contributed by atoms with E-state index in [-0.39, 0.29) is 0 Å². The number of methoxy groups -OCH3 is 1. The van der Waals surface area contributed by atoms with Gasteiger partial charge in [0.2, 0.25) is 5.13 Å². The van der Waals surface area contributed by atoms with Gasteiger partial charge in [-0.2, -0.15) is 4.37 Å². The zero-order chi connectivity index (χ0) is 14.7. The van der Waals surface area contributed by atoms with E-state index in [9.17, 15) is 0 Å². The monoisotopic (exact) mass is 337 g/mol. The van der Waals surface area contributed by atoms with E-state index in [1.54, 1.807) is 7.11 Å². The summed E-state index contributed by atoms with van der Waals surface area (Å²) in [7, 11) is 1.64. The third-order valence-electron chi connectivity index (χ3n) is 2.43. The van der Waals surface area contributed by atoms with Gasteiger partial charge in [-0.25, -0.2) is 4.98 Å². The molecule has 0 amide bonds. The highest BCUT2D eigenvalue weighted by molar-refractivity contribution is 8.02. The van der Waals surface area contributed by atoms with E-state index in [0.717, 1.165) is 31.1 Å². The summed E-state index contributed by atoms with van der Waals surface area (Å²) in [5, 5.41) is 12.2. The Morgan fingerprint density at radius 3 is 2.62 bits per heavy atom. The van der Waals surface area contributed by atoms with Crippen molar-refractivity contribution in [2.45, 2.75) is 15.6 Å². The highest BCUT2D eigenvalue weighted by atomic mass is 32.2. The molecule has 0 saturated heterocycles. The van der Waals surface area contributed by atoms with E-state index in [2.05, 4.69) is 24.9 Å². The summed E-state index contributed by atoms with van der Waals surface area (Å²) in [4.78, 5) is 4.29. The van der Waals surface area contributed by atoms with Gasteiger partial charge in [0.15, 0.2) is 8.68 Å². The van der Waals surface area contributed by atoms with Gasteiger partial charge in [-0.3, -0.25) is 0 Å². The van der Waals surface area contributed by atoms with Crippen LogP contribution in [0.15, 0.2) is 32.9 Å². The van der Waals surface area contributed by atoms with E-state index >= 15 is 0 Å². The van der Waals surface area contributed by atoms with Crippen LogP contribution in [0.5, 0.6) is 5.75 Å². The van der Waals surface area contributed by atoms with E-state index in [1.807, 2.05) is 31.2 Å².